The molecule has 0 bridgehead atoms. The first-order valence-electron chi connectivity index (χ1n) is 6.76. The molecule has 22 heavy (non-hydrogen) atoms. The fraction of sp³-hybridized carbons (Fsp3) is 0.429. The van der Waals surface area contributed by atoms with Crippen LogP contribution >= 0.6 is 7.60 Å². The van der Waals surface area contributed by atoms with Crippen molar-refractivity contribution in [3.05, 3.63) is 35.4 Å². The quantitative estimate of drug-likeness (QED) is 0.318. The highest BCUT2D eigenvalue weighted by atomic mass is 31.2. The summed E-state index contributed by atoms with van der Waals surface area (Å²) in [4.78, 5) is 40.1. The van der Waals surface area contributed by atoms with Gasteiger partial charge in [-0.25, -0.2) is 0 Å². The van der Waals surface area contributed by atoms with E-state index in [0.29, 0.717) is 12.0 Å². The Labute approximate surface area is 128 Å². The maximum atomic E-state index is 11.8. The molecule has 122 valence electrons. The van der Waals surface area contributed by atoms with Crippen LogP contribution in [0.5, 0.6) is 0 Å². The second kappa shape index (κ2) is 7.65. The van der Waals surface area contributed by atoms with Gasteiger partial charge < -0.3 is 25.0 Å². The van der Waals surface area contributed by atoms with E-state index in [1.54, 1.807) is 24.3 Å². The van der Waals surface area contributed by atoms with Crippen molar-refractivity contribution in [2.24, 2.45) is 0 Å². The van der Waals surface area contributed by atoms with E-state index >= 15 is 0 Å². The molecule has 0 aliphatic heterocycles. The van der Waals surface area contributed by atoms with E-state index in [-0.39, 0.29) is 25.3 Å². The monoisotopic (exact) mass is 331 g/mol. The van der Waals surface area contributed by atoms with Gasteiger partial charge in [-0.1, -0.05) is 12.1 Å². The Morgan fingerprint density at radius 2 is 1.91 bits per heavy atom. The van der Waals surface area contributed by atoms with Crippen LogP contribution in [0.2, 0.25) is 0 Å². The third-order valence-corrected chi connectivity index (χ3v) is 4.75. The summed E-state index contributed by atoms with van der Waals surface area (Å²) in [6.45, 7) is 1.26. The SMILES string of the molecule is CC(O)(CCCNC(=O)c1ccc(C[14CH]=O)cc1)P(=O)(O)O. The lowest BCUT2D eigenvalue weighted by Gasteiger charge is -2.24. The lowest BCUT2D eigenvalue weighted by molar-refractivity contribution is -0.107. The lowest BCUT2D eigenvalue weighted by atomic mass is 10.1. The van der Waals surface area contributed by atoms with Gasteiger partial charge in [0.05, 0.1) is 0 Å². The maximum absolute atomic E-state index is 11.8. The minimum Gasteiger partial charge on any atom is -0.378 e. The second-order valence-electron chi connectivity index (χ2n) is 5.19. The third-order valence-electron chi connectivity index (χ3n) is 3.28. The number of aliphatic hydroxyl groups is 1. The highest BCUT2D eigenvalue weighted by molar-refractivity contribution is 7.53. The fourth-order valence-corrected chi connectivity index (χ4v) is 2.21. The zero-order chi connectivity index (χ0) is 16.8. The van der Waals surface area contributed by atoms with Crippen LogP contribution in [-0.4, -0.2) is 39.0 Å². The first-order chi connectivity index (χ1) is 10.2. The molecule has 0 aromatic heterocycles. The predicted molar refractivity (Wildman–Crippen MR) is 80.4 cm³/mol. The molecule has 1 unspecified atom stereocenters. The average Bonchev–Trinajstić information content (AvgIpc) is 2.43. The first kappa shape index (κ1) is 18.5. The van der Waals surface area contributed by atoms with Gasteiger partial charge in [-0.2, -0.15) is 0 Å². The molecule has 0 aliphatic rings. The van der Waals surface area contributed by atoms with Crippen molar-refractivity contribution >= 4 is 19.8 Å². The van der Waals surface area contributed by atoms with E-state index in [1.807, 2.05) is 0 Å². The molecule has 0 aliphatic carbocycles. The van der Waals surface area contributed by atoms with Crippen LogP contribution in [0.25, 0.3) is 0 Å². The van der Waals surface area contributed by atoms with Gasteiger partial charge in [0.1, 0.15) is 6.29 Å². The molecule has 0 fully saturated rings. The number of benzene rings is 1. The Bertz CT molecular complexity index is 563. The third kappa shape index (κ3) is 5.35. The van der Waals surface area contributed by atoms with Gasteiger partial charge in [-0.3, -0.25) is 9.36 Å². The smallest absolute Gasteiger partial charge is 0.356 e. The van der Waals surface area contributed by atoms with Crippen LogP contribution in [0.4, 0.5) is 0 Å². The number of nitrogens with one attached hydrogen (secondary N) is 1. The highest BCUT2D eigenvalue weighted by Gasteiger charge is 2.39. The summed E-state index contributed by atoms with van der Waals surface area (Å²) < 4.78 is 11.0. The number of rotatable bonds is 8. The first-order valence-corrected chi connectivity index (χ1v) is 8.37. The number of hydrogen-bond acceptors (Lipinski definition) is 4. The Morgan fingerprint density at radius 3 is 2.41 bits per heavy atom. The van der Waals surface area contributed by atoms with E-state index < -0.39 is 12.9 Å². The topological polar surface area (TPSA) is 124 Å². The zero-order valence-electron chi connectivity index (χ0n) is 12.2. The number of hydrogen-bond donors (Lipinski definition) is 4. The summed E-state index contributed by atoms with van der Waals surface area (Å²) in [6.07, 6.45) is 1.17. The molecular formula is C14H20NO6P. The molecule has 0 saturated heterocycles. The van der Waals surface area contributed by atoms with Crippen molar-refractivity contribution in [1.29, 1.82) is 0 Å². The van der Waals surface area contributed by atoms with Gasteiger partial charge in [0.25, 0.3) is 5.91 Å². The second-order valence-corrected chi connectivity index (χ2v) is 7.24. The van der Waals surface area contributed by atoms with Crippen molar-refractivity contribution in [3.8, 4) is 0 Å². The van der Waals surface area contributed by atoms with Crippen molar-refractivity contribution in [3.63, 3.8) is 0 Å². The van der Waals surface area contributed by atoms with Gasteiger partial charge in [0.2, 0.25) is 0 Å². The molecule has 0 heterocycles. The Morgan fingerprint density at radius 1 is 1.32 bits per heavy atom. The summed E-state index contributed by atoms with van der Waals surface area (Å²) in [5, 5.41) is 10.1. The molecule has 1 aromatic carbocycles. The summed E-state index contributed by atoms with van der Waals surface area (Å²) in [6, 6.07) is 6.56. The number of amides is 1. The van der Waals surface area contributed by atoms with E-state index in [2.05, 4.69) is 5.32 Å². The molecular weight excluding hydrogens is 311 g/mol. The zero-order valence-corrected chi connectivity index (χ0v) is 13.1. The van der Waals surface area contributed by atoms with Crippen molar-refractivity contribution < 1.29 is 29.0 Å². The van der Waals surface area contributed by atoms with Crippen LogP contribution in [0, 0.1) is 0 Å². The summed E-state index contributed by atoms with van der Waals surface area (Å²) in [7, 11) is -4.59. The average molecular weight is 331 g/mol. The van der Waals surface area contributed by atoms with Gasteiger partial charge in [0.15, 0.2) is 5.34 Å². The maximum Gasteiger partial charge on any atom is 0.356 e. The molecule has 0 radical (unpaired) electrons. The van der Waals surface area contributed by atoms with Gasteiger partial charge in [-0.05, 0) is 37.5 Å². The number of carbonyl (C=O) groups is 2. The Kier molecular flexibility index (Phi) is 6.44. The number of carbonyl (C=O) groups excluding carboxylic acids is 2. The van der Waals surface area contributed by atoms with Crippen molar-refractivity contribution in [1.82, 2.24) is 5.32 Å². The Balaban J connectivity index is 2.43. The summed E-state index contributed by atoms with van der Waals surface area (Å²) in [5.41, 5.74) is 1.24. The molecule has 1 amide bonds. The minimum atomic E-state index is -4.59. The fourth-order valence-electron chi connectivity index (χ4n) is 1.76. The van der Waals surface area contributed by atoms with Crippen molar-refractivity contribution in [2.45, 2.75) is 31.5 Å². The molecule has 0 saturated carbocycles. The van der Waals surface area contributed by atoms with E-state index in [4.69, 9.17) is 9.79 Å². The Hall–Kier alpha value is -1.53. The molecule has 1 atom stereocenters. The minimum absolute atomic E-state index is 0.129. The van der Waals surface area contributed by atoms with Crippen LogP contribution in [0.15, 0.2) is 24.3 Å². The van der Waals surface area contributed by atoms with Crippen LogP contribution < -0.4 is 5.32 Å². The normalized spacial score (nSPS) is 14.2. The van der Waals surface area contributed by atoms with E-state index in [1.165, 1.54) is 0 Å². The van der Waals surface area contributed by atoms with E-state index in [9.17, 15) is 19.3 Å². The largest absolute Gasteiger partial charge is 0.378 e. The van der Waals surface area contributed by atoms with Crippen LogP contribution in [0.3, 0.4) is 0 Å². The van der Waals surface area contributed by atoms with Gasteiger partial charge in [-0.15, -0.1) is 0 Å². The van der Waals surface area contributed by atoms with Gasteiger partial charge in [0, 0.05) is 18.5 Å². The molecule has 4 N–H and O–H groups in total. The van der Waals surface area contributed by atoms with E-state index in [0.717, 1.165) is 18.8 Å². The summed E-state index contributed by atoms with van der Waals surface area (Å²) in [5.74, 6) is -0.325. The number of aldehydes is 1. The van der Waals surface area contributed by atoms with Crippen LogP contribution in [0.1, 0.15) is 35.7 Å². The molecule has 1 rings (SSSR count). The highest BCUT2D eigenvalue weighted by Crippen LogP contribution is 2.50. The lowest BCUT2D eigenvalue weighted by Crippen LogP contribution is -2.28. The molecule has 0 spiro atoms. The van der Waals surface area contributed by atoms with Crippen LogP contribution in [-0.2, 0) is 15.8 Å². The predicted octanol–water partition coefficient (Wildman–Crippen LogP) is 0.824. The summed E-state index contributed by atoms with van der Waals surface area (Å²) >= 11 is 0. The standard InChI is InChI=1S/C14H20NO6P/c1-14(18,22(19,20)21)8-2-9-15-13(17)12-5-3-11(4-6-12)7-10-16/h3-6,10,18H,2,7-9H2,1H3,(H,15,17)(H2,19,20,21)/i10+2. The van der Waals surface area contributed by atoms with Gasteiger partial charge >= 0.3 is 7.60 Å². The van der Waals surface area contributed by atoms with Crippen molar-refractivity contribution in [2.75, 3.05) is 6.54 Å². The molecule has 8 heteroatoms. The molecule has 1 aromatic rings. The molecule has 7 nitrogen and oxygen atoms in total.